The number of methoxy groups -OCH3 is 1. The Kier molecular flexibility index (Phi) is 3.94. The van der Waals surface area contributed by atoms with E-state index in [2.05, 4.69) is 25.2 Å². The maximum Gasteiger partial charge on any atom is 0.261 e. The second kappa shape index (κ2) is 6.28. The number of carbonyl (C=O) groups excluding carboxylic acids is 1. The number of aromatic nitrogens is 6. The molecular weight excluding hydrogens is 336 g/mol. The largest absolute Gasteiger partial charge is 0.479 e. The number of anilines is 1. The van der Waals surface area contributed by atoms with E-state index in [4.69, 9.17) is 4.74 Å². The highest BCUT2D eigenvalue weighted by atomic mass is 16.5. The van der Waals surface area contributed by atoms with Crippen LogP contribution in [-0.2, 0) is 7.05 Å². The summed E-state index contributed by atoms with van der Waals surface area (Å²) in [6.07, 6.45) is 5.29. The Morgan fingerprint density at radius 1 is 1.19 bits per heavy atom. The zero-order chi connectivity index (χ0) is 18.3. The first-order valence-corrected chi connectivity index (χ1v) is 8.36. The maximum absolute atomic E-state index is 12.8. The van der Waals surface area contributed by atoms with Crippen LogP contribution in [0.3, 0.4) is 0 Å². The Balaban J connectivity index is 1.51. The van der Waals surface area contributed by atoms with Gasteiger partial charge >= 0.3 is 0 Å². The van der Waals surface area contributed by atoms with E-state index >= 15 is 0 Å². The molecule has 4 rings (SSSR count). The van der Waals surface area contributed by atoms with Crippen molar-refractivity contribution in [1.82, 2.24) is 34.3 Å². The molecule has 3 aromatic heterocycles. The van der Waals surface area contributed by atoms with Gasteiger partial charge in [-0.15, -0.1) is 15.3 Å². The van der Waals surface area contributed by atoms with Gasteiger partial charge in [0.2, 0.25) is 11.5 Å². The molecule has 4 heterocycles. The van der Waals surface area contributed by atoms with Crippen LogP contribution in [0.5, 0.6) is 5.88 Å². The van der Waals surface area contributed by atoms with Gasteiger partial charge in [-0.1, -0.05) is 0 Å². The molecule has 1 saturated heterocycles. The molecule has 136 valence electrons. The van der Waals surface area contributed by atoms with Gasteiger partial charge in [0.15, 0.2) is 5.82 Å². The zero-order valence-electron chi connectivity index (χ0n) is 15.0. The minimum atomic E-state index is -0.0703. The van der Waals surface area contributed by atoms with Gasteiger partial charge in [0.25, 0.3) is 5.91 Å². The summed E-state index contributed by atoms with van der Waals surface area (Å²) in [4.78, 5) is 21.2. The van der Waals surface area contributed by atoms with Crippen LogP contribution in [0.4, 0.5) is 5.82 Å². The fourth-order valence-corrected chi connectivity index (χ4v) is 3.21. The number of aryl methyl sites for hydroxylation is 2. The van der Waals surface area contributed by atoms with E-state index in [9.17, 15) is 4.79 Å². The van der Waals surface area contributed by atoms with E-state index in [-0.39, 0.29) is 5.91 Å². The molecule has 0 aromatic carbocycles. The minimum absolute atomic E-state index is 0.0703. The lowest BCUT2D eigenvalue weighted by atomic mass is 10.2. The molecule has 3 aromatic rings. The lowest BCUT2D eigenvalue weighted by Crippen LogP contribution is -2.49. The summed E-state index contributed by atoms with van der Waals surface area (Å²) in [6.45, 7) is 4.43. The van der Waals surface area contributed by atoms with Crippen molar-refractivity contribution in [3.63, 3.8) is 0 Å². The molecule has 0 N–H and O–H groups in total. The Morgan fingerprint density at radius 2 is 1.96 bits per heavy atom. The molecule has 1 amide bonds. The van der Waals surface area contributed by atoms with Crippen molar-refractivity contribution in [3.8, 4) is 5.88 Å². The van der Waals surface area contributed by atoms with Crippen LogP contribution >= 0.6 is 0 Å². The Hall–Kier alpha value is -3.17. The fraction of sp³-hybridized carbons (Fsp3) is 0.438. The smallest absolute Gasteiger partial charge is 0.261 e. The van der Waals surface area contributed by atoms with Crippen LogP contribution < -0.4 is 9.64 Å². The molecule has 26 heavy (non-hydrogen) atoms. The molecule has 0 spiro atoms. The molecule has 0 radical (unpaired) electrons. The Labute approximate surface area is 150 Å². The molecule has 1 fully saturated rings. The van der Waals surface area contributed by atoms with E-state index in [0.29, 0.717) is 37.6 Å². The predicted octanol–water partition coefficient (Wildman–Crippen LogP) is 0.137. The van der Waals surface area contributed by atoms with Crippen molar-refractivity contribution < 1.29 is 9.53 Å². The number of ether oxygens (including phenoxy) is 1. The van der Waals surface area contributed by atoms with Crippen LogP contribution in [0, 0.1) is 6.92 Å². The predicted molar refractivity (Wildman–Crippen MR) is 93.4 cm³/mol. The van der Waals surface area contributed by atoms with Crippen LogP contribution in [0.15, 0.2) is 18.6 Å². The molecule has 1 aliphatic rings. The highest BCUT2D eigenvalue weighted by molar-refractivity contribution is 5.96. The third-order valence-corrected chi connectivity index (χ3v) is 4.56. The third kappa shape index (κ3) is 2.63. The highest BCUT2D eigenvalue weighted by Crippen LogP contribution is 2.22. The fourth-order valence-electron chi connectivity index (χ4n) is 3.21. The van der Waals surface area contributed by atoms with Gasteiger partial charge in [-0.25, -0.2) is 4.98 Å². The number of piperazine rings is 1. The molecular formula is C16H20N8O2. The van der Waals surface area contributed by atoms with Crippen LogP contribution in [0.2, 0.25) is 0 Å². The van der Waals surface area contributed by atoms with Gasteiger partial charge in [-0.2, -0.15) is 0 Å². The summed E-state index contributed by atoms with van der Waals surface area (Å²) in [6, 6.07) is 0. The van der Waals surface area contributed by atoms with E-state index in [1.807, 2.05) is 22.4 Å². The summed E-state index contributed by atoms with van der Waals surface area (Å²) >= 11 is 0. The number of amides is 1. The number of hydrogen-bond donors (Lipinski definition) is 0. The van der Waals surface area contributed by atoms with Crippen molar-refractivity contribution in [1.29, 1.82) is 0 Å². The van der Waals surface area contributed by atoms with Crippen LogP contribution in [0.1, 0.15) is 16.2 Å². The molecule has 10 nitrogen and oxygen atoms in total. The Morgan fingerprint density at radius 3 is 2.69 bits per heavy atom. The van der Waals surface area contributed by atoms with Gasteiger partial charge in [0.05, 0.1) is 7.11 Å². The topological polar surface area (TPSA) is 93.7 Å². The average molecular weight is 356 g/mol. The van der Waals surface area contributed by atoms with Gasteiger partial charge in [-0.05, 0) is 6.92 Å². The van der Waals surface area contributed by atoms with Gasteiger partial charge in [-0.3, -0.25) is 13.9 Å². The number of fused-ring (bicyclic) bond motifs is 1. The van der Waals surface area contributed by atoms with E-state index in [0.717, 1.165) is 17.3 Å². The molecule has 0 atom stereocenters. The first-order chi connectivity index (χ1) is 12.6. The molecule has 10 heteroatoms. The van der Waals surface area contributed by atoms with E-state index in [1.165, 1.54) is 7.11 Å². The lowest BCUT2D eigenvalue weighted by Gasteiger charge is -2.35. The molecule has 0 bridgehead atoms. The van der Waals surface area contributed by atoms with Crippen molar-refractivity contribution in [2.45, 2.75) is 6.92 Å². The zero-order valence-corrected chi connectivity index (χ0v) is 15.0. The van der Waals surface area contributed by atoms with Crippen molar-refractivity contribution in [2.75, 3.05) is 38.2 Å². The lowest BCUT2D eigenvalue weighted by molar-refractivity contribution is 0.0743. The first kappa shape index (κ1) is 16.3. The van der Waals surface area contributed by atoms with Crippen molar-refractivity contribution >= 4 is 17.4 Å². The van der Waals surface area contributed by atoms with Gasteiger partial charge < -0.3 is 14.5 Å². The normalized spacial score (nSPS) is 14.9. The summed E-state index contributed by atoms with van der Waals surface area (Å²) in [5, 5.41) is 12.5. The number of hydrogen-bond acceptors (Lipinski definition) is 7. The first-order valence-electron chi connectivity index (χ1n) is 8.36. The standard InChI is InChI=1S/C16H20N8O2/c1-11-18-19-14-13(17-4-5-24(11)14)22-6-8-23(9-7-22)16(25)12-10-21(2)20-15(12)26-3/h4-5,10H,6-9H2,1-3H3. The van der Waals surface area contributed by atoms with E-state index < -0.39 is 0 Å². The van der Waals surface area contributed by atoms with Gasteiger partial charge in [0, 0.05) is 51.8 Å². The quantitative estimate of drug-likeness (QED) is 0.659. The van der Waals surface area contributed by atoms with E-state index in [1.54, 1.807) is 24.1 Å². The average Bonchev–Trinajstić information content (AvgIpc) is 3.24. The van der Waals surface area contributed by atoms with Crippen molar-refractivity contribution in [2.24, 2.45) is 7.05 Å². The summed E-state index contributed by atoms with van der Waals surface area (Å²) in [5.74, 6) is 1.89. The van der Waals surface area contributed by atoms with Crippen LogP contribution in [0.25, 0.3) is 5.65 Å². The summed E-state index contributed by atoms with van der Waals surface area (Å²) in [7, 11) is 3.29. The van der Waals surface area contributed by atoms with Crippen LogP contribution in [-0.4, -0.2) is 73.5 Å². The Bertz CT molecular complexity index is 954. The molecule has 0 saturated carbocycles. The molecule has 1 aliphatic heterocycles. The summed E-state index contributed by atoms with van der Waals surface area (Å²) < 4.78 is 8.70. The van der Waals surface area contributed by atoms with Crippen molar-refractivity contribution in [3.05, 3.63) is 30.0 Å². The van der Waals surface area contributed by atoms with Gasteiger partial charge in [0.1, 0.15) is 11.4 Å². The summed E-state index contributed by atoms with van der Waals surface area (Å²) in [5.41, 5.74) is 1.22. The monoisotopic (exact) mass is 356 g/mol. The maximum atomic E-state index is 12.8. The number of nitrogens with zero attached hydrogens (tertiary/aromatic N) is 8. The third-order valence-electron chi connectivity index (χ3n) is 4.56. The minimum Gasteiger partial charge on any atom is -0.479 e. The number of carbonyl (C=O) groups is 1. The SMILES string of the molecule is COc1nn(C)cc1C(=O)N1CCN(c2nccn3c(C)nnc23)CC1. The number of rotatable bonds is 3. The second-order valence-corrected chi connectivity index (χ2v) is 6.20. The molecule has 0 aliphatic carbocycles. The highest BCUT2D eigenvalue weighted by Gasteiger charge is 2.27. The molecule has 0 unspecified atom stereocenters. The second-order valence-electron chi connectivity index (χ2n) is 6.20.